The largest absolute Gasteiger partial charge is 0.497 e. The number of fused-ring (bicyclic) bond motifs is 4. The maximum Gasteiger partial charge on any atom is 0.471 e. The molecule has 5 rings (SSSR count). The molecule has 0 aliphatic rings. The first-order chi connectivity index (χ1) is 18.0. The predicted molar refractivity (Wildman–Crippen MR) is 152 cm³/mol. The first-order valence-electron chi connectivity index (χ1n) is 12.7. The van der Waals surface area contributed by atoms with Crippen molar-refractivity contribution >= 4 is 40.7 Å². The summed E-state index contributed by atoms with van der Waals surface area (Å²) >= 11 is 0. The standard InChI is InChI=1S/C28H36N5O5P/c1-26(2,3)28(27(4,5)6,38-39(34,35)36)33-23(13-20-24-17(14-29-25(20)33)15-30-32(24)8)21-16-31(7)22-11-10-18(37-9)12-19(21)22/h10-16H,1-9H3,(H2,34,35,36). The van der Waals surface area contributed by atoms with Crippen molar-refractivity contribution in [1.29, 1.82) is 0 Å². The van der Waals surface area contributed by atoms with Crippen LogP contribution in [0.1, 0.15) is 41.5 Å². The number of phosphoric acid groups is 1. The number of benzene rings is 1. The first kappa shape index (κ1) is 27.4. The normalized spacial score (nSPS) is 13.7. The fourth-order valence-corrected chi connectivity index (χ4v) is 7.29. The minimum absolute atomic E-state index is 0.541. The van der Waals surface area contributed by atoms with E-state index < -0.39 is 24.4 Å². The molecule has 0 fully saturated rings. The average Bonchev–Trinajstić information content (AvgIpc) is 3.48. The van der Waals surface area contributed by atoms with Crippen LogP contribution in [0, 0.1) is 10.8 Å². The summed E-state index contributed by atoms with van der Waals surface area (Å²) in [5, 5.41) is 7.03. The van der Waals surface area contributed by atoms with Crippen molar-refractivity contribution < 1.29 is 23.6 Å². The third kappa shape index (κ3) is 4.09. The Kier molecular flexibility index (Phi) is 6.09. The predicted octanol–water partition coefficient (Wildman–Crippen LogP) is 5.94. The second-order valence-corrected chi connectivity index (χ2v) is 13.4. The van der Waals surface area contributed by atoms with Crippen molar-refractivity contribution in [3.05, 3.63) is 42.9 Å². The molecule has 0 atom stereocenters. The topological polar surface area (TPSA) is 117 Å². The number of methoxy groups -OCH3 is 1. The van der Waals surface area contributed by atoms with E-state index in [1.807, 2.05) is 95.2 Å². The summed E-state index contributed by atoms with van der Waals surface area (Å²) in [6, 6.07) is 7.90. The highest BCUT2D eigenvalue weighted by atomic mass is 31.2. The zero-order valence-corrected chi connectivity index (χ0v) is 24.7. The maximum absolute atomic E-state index is 12.7. The van der Waals surface area contributed by atoms with Gasteiger partial charge in [-0.15, -0.1) is 0 Å². The van der Waals surface area contributed by atoms with Crippen LogP contribution in [-0.4, -0.2) is 40.8 Å². The Morgan fingerprint density at radius 1 is 0.949 bits per heavy atom. The van der Waals surface area contributed by atoms with Crippen LogP contribution in [0.15, 0.2) is 42.9 Å². The van der Waals surface area contributed by atoms with Gasteiger partial charge in [0.25, 0.3) is 0 Å². The van der Waals surface area contributed by atoms with Crippen LogP contribution in [0.4, 0.5) is 0 Å². The van der Waals surface area contributed by atoms with E-state index in [0.717, 1.165) is 32.8 Å². The van der Waals surface area contributed by atoms with Gasteiger partial charge in [-0.1, -0.05) is 41.5 Å². The molecule has 0 radical (unpaired) electrons. The molecule has 39 heavy (non-hydrogen) atoms. The summed E-state index contributed by atoms with van der Waals surface area (Å²) < 4.78 is 30.0. The van der Waals surface area contributed by atoms with E-state index >= 15 is 0 Å². The van der Waals surface area contributed by atoms with Crippen LogP contribution in [0.5, 0.6) is 5.75 Å². The summed E-state index contributed by atoms with van der Waals surface area (Å²) in [5.41, 5.74) is 0.794. The molecule has 5 aromatic rings. The molecule has 0 unspecified atom stereocenters. The summed E-state index contributed by atoms with van der Waals surface area (Å²) in [4.78, 5) is 25.6. The molecule has 10 nitrogen and oxygen atoms in total. The van der Waals surface area contributed by atoms with E-state index in [0.29, 0.717) is 17.1 Å². The van der Waals surface area contributed by atoms with E-state index in [1.54, 1.807) is 24.2 Å². The second-order valence-electron chi connectivity index (χ2n) is 12.2. The Morgan fingerprint density at radius 2 is 1.62 bits per heavy atom. The Bertz CT molecular complexity index is 1760. The zero-order valence-electron chi connectivity index (χ0n) is 23.8. The molecule has 0 spiro atoms. The number of hydrogen-bond donors (Lipinski definition) is 2. The number of phosphoric ester groups is 1. The van der Waals surface area contributed by atoms with Crippen LogP contribution in [-0.2, 0) is 28.9 Å². The molecular formula is C28H36N5O5P. The van der Waals surface area contributed by atoms with Crippen LogP contribution >= 0.6 is 7.82 Å². The number of ether oxygens (including phenoxy) is 1. The molecule has 208 valence electrons. The highest BCUT2D eigenvalue weighted by Gasteiger charge is 2.58. The van der Waals surface area contributed by atoms with Crippen molar-refractivity contribution in [2.45, 2.75) is 47.3 Å². The van der Waals surface area contributed by atoms with Crippen molar-refractivity contribution in [1.82, 2.24) is 23.9 Å². The molecule has 0 saturated carbocycles. The third-order valence-corrected chi connectivity index (χ3v) is 8.10. The molecular weight excluding hydrogens is 517 g/mol. The summed E-state index contributed by atoms with van der Waals surface area (Å²) in [7, 11) is 0.461. The van der Waals surface area contributed by atoms with Gasteiger partial charge in [-0.05, 0) is 24.3 Å². The molecule has 4 aromatic heterocycles. The van der Waals surface area contributed by atoms with Gasteiger partial charge < -0.3 is 19.1 Å². The number of nitrogens with zero attached hydrogens (tertiary/aromatic N) is 5. The summed E-state index contributed by atoms with van der Waals surface area (Å²) in [6.07, 6.45) is 5.52. The quantitative estimate of drug-likeness (QED) is 0.259. The molecule has 4 heterocycles. The van der Waals surface area contributed by atoms with Gasteiger partial charge in [-0.25, -0.2) is 9.55 Å². The number of aromatic nitrogens is 5. The molecule has 0 bridgehead atoms. The molecule has 0 saturated heterocycles. The van der Waals surface area contributed by atoms with E-state index in [2.05, 4.69) is 5.10 Å². The van der Waals surface area contributed by atoms with Crippen molar-refractivity contribution in [3.8, 4) is 17.0 Å². The number of pyridine rings is 1. The van der Waals surface area contributed by atoms with Crippen LogP contribution in [0.25, 0.3) is 44.1 Å². The van der Waals surface area contributed by atoms with Gasteiger partial charge in [-0.3, -0.25) is 13.8 Å². The SMILES string of the molecule is COc1ccc2c(c1)c(-c1cc3c4c(cnc3n1C(OP(=O)(O)O)(C(C)(C)C)C(C)(C)C)cnn4C)cn2C. The molecule has 2 N–H and O–H groups in total. The third-order valence-electron chi connectivity index (χ3n) is 7.59. The smallest absolute Gasteiger partial charge is 0.471 e. The van der Waals surface area contributed by atoms with Gasteiger partial charge in [0.1, 0.15) is 11.4 Å². The van der Waals surface area contributed by atoms with E-state index in [-0.39, 0.29) is 0 Å². The van der Waals surface area contributed by atoms with Gasteiger partial charge in [-0.2, -0.15) is 5.10 Å². The average molecular weight is 554 g/mol. The fourth-order valence-electron chi connectivity index (χ4n) is 6.31. The maximum atomic E-state index is 12.7. The Balaban J connectivity index is 2.05. The lowest BCUT2D eigenvalue weighted by Gasteiger charge is -2.53. The monoisotopic (exact) mass is 553 g/mol. The molecule has 1 aromatic carbocycles. The van der Waals surface area contributed by atoms with Crippen LogP contribution in [0.3, 0.4) is 0 Å². The van der Waals surface area contributed by atoms with Gasteiger partial charge in [0.15, 0.2) is 5.72 Å². The van der Waals surface area contributed by atoms with Crippen molar-refractivity contribution in [2.24, 2.45) is 24.9 Å². The van der Waals surface area contributed by atoms with Gasteiger partial charge >= 0.3 is 7.82 Å². The summed E-state index contributed by atoms with van der Waals surface area (Å²) in [5.74, 6) is 0.703. The lowest BCUT2D eigenvalue weighted by atomic mass is 9.68. The minimum atomic E-state index is -5.00. The Morgan fingerprint density at radius 3 is 2.21 bits per heavy atom. The van der Waals surface area contributed by atoms with Gasteiger partial charge in [0.2, 0.25) is 0 Å². The van der Waals surface area contributed by atoms with Crippen molar-refractivity contribution in [2.75, 3.05) is 7.11 Å². The summed E-state index contributed by atoms with van der Waals surface area (Å²) in [6.45, 7) is 11.6. The molecule has 0 amide bonds. The van der Waals surface area contributed by atoms with E-state index in [9.17, 15) is 14.4 Å². The molecule has 11 heteroatoms. The van der Waals surface area contributed by atoms with Gasteiger partial charge in [0, 0.05) is 64.6 Å². The second kappa shape index (κ2) is 8.66. The lowest BCUT2D eigenvalue weighted by molar-refractivity contribution is -0.187. The molecule has 0 aliphatic carbocycles. The van der Waals surface area contributed by atoms with Crippen LogP contribution < -0.4 is 4.74 Å². The first-order valence-corrected chi connectivity index (χ1v) is 14.3. The van der Waals surface area contributed by atoms with E-state index in [4.69, 9.17) is 14.2 Å². The van der Waals surface area contributed by atoms with E-state index in [1.165, 1.54) is 0 Å². The number of hydrogen-bond acceptors (Lipinski definition) is 5. The minimum Gasteiger partial charge on any atom is -0.497 e. The van der Waals surface area contributed by atoms with Crippen molar-refractivity contribution in [3.63, 3.8) is 0 Å². The Labute approximate surface area is 227 Å². The Hall–Kier alpha value is -3.17. The number of rotatable bonds is 5. The highest BCUT2D eigenvalue weighted by molar-refractivity contribution is 7.46. The zero-order chi connectivity index (χ0) is 28.7. The number of aryl methyl sites for hydroxylation is 2. The van der Waals surface area contributed by atoms with Crippen LogP contribution in [0.2, 0.25) is 0 Å². The lowest BCUT2D eigenvalue weighted by Crippen LogP contribution is -2.56. The van der Waals surface area contributed by atoms with Gasteiger partial charge in [0.05, 0.1) is 24.5 Å². The fraction of sp³-hybridized carbons (Fsp3) is 0.429. The molecule has 0 aliphatic heterocycles. The highest BCUT2D eigenvalue weighted by Crippen LogP contribution is 2.60.